The highest BCUT2D eigenvalue weighted by Crippen LogP contribution is 2.20. The fraction of sp³-hybridized carbons (Fsp3) is 0.538. The monoisotopic (exact) mass is 269 g/mol. The van der Waals surface area contributed by atoms with Crippen molar-refractivity contribution >= 4 is 15.6 Å². The molecule has 0 aliphatic rings. The van der Waals surface area contributed by atoms with Gasteiger partial charge in [0.15, 0.2) is 0 Å². The molecule has 0 saturated heterocycles. The zero-order valence-electron chi connectivity index (χ0n) is 11.6. The molecule has 0 heterocycles. The second-order valence-corrected chi connectivity index (χ2v) is 7.06. The lowest BCUT2D eigenvalue weighted by molar-refractivity contribution is 0.533. The van der Waals surface area contributed by atoms with E-state index in [0.29, 0.717) is 29.6 Å². The van der Waals surface area contributed by atoms with Gasteiger partial charge in [-0.25, -0.2) is 12.9 Å². The summed E-state index contributed by atoms with van der Waals surface area (Å²) < 4.78 is 19.3. The largest absolute Gasteiger partial charge is 0.399 e. The van der Waals surface area contributed by atoms with Crippen LogP contribution < -0.4 is 5.73 Å². The summed E-state index contributed by atoms with van der Waals surface area (Å²) in [5, 5.41) is 0. The van der Waals surface area contributed by atoms with E-state index >= 15 is 0 Å². The number of nitrogens with two attached hydrogens (primary N) is 1. The second-order valence-electron chi connectivity index (χ2n) is 4.72. The number of hydrogen-bond acceptors (Lipinski definition) is 3. The quantitative estimate of drug-likeness (QED) is 0.835. The highest BCUT2D eigenvalue weighted by molar-refractivity contribution is 7.91. The van der Waals surface area contributed by atoms with Crippen molar-refractivity contribution in [3.05, 3.63) is 24.3 Å². The Bertz CT molecular complexity index is 505. The van der Waals surface area contributed by atoms with Crippen LogP contribution in [-0.2, 0) is 9.92 Å². The molecule has 0 bridgehead atoms. The van der Waals surface area contributed by atoms with Crippen molar-refractivity contribution in [2.24, 2.45) is 10.3 Å². The Morgan fingerprint density at radius 1 is 1.44 bits per heavy atom. The van der Waals surface area contributed by atoms with Gasteiger partial charge >= 0.3 is 0 Å². The molecule has 0 aliphatic heterocycles. The van der Waals surface area contributed by atoms with Gasteiger partial charge in [-0.15, -0.1) is 0 Å². The van der Waals surface area contributed by atoms with Crippen LogP contribution in [0, 0.1) is 5.92 Å². The normalized spacial score (nSPS) is 14.8. The first-order valence-corrected chi connectivity index (χ1v) is 7.67. The van der Waals surface area contributed by atoms with Gasteiger partial charge in [0, 0.05) is 19.3 Å². The maximum Gasteiger partial charge on any atom is 0.139 e. The molecule has 0 aromatic heterocycles. The van der Waals surface area contributed by atoms with Crippen molar-refractivity contribution in [2.45, 2.75) is 25.7 Å². The van der Waals surface area contributed by atoms with Crippen LogP contribution in [0.3, 0.4) is 0 Å². The predicted octanol–water partition coefficient (Wildman–Crippen LogP) is 2.62. The van der Waals surface area contributed by atoms with Crippen LogP contribution in [0.25, 0.3) is 0 Å². The molecule has 4 nitrogen and oxygen atoms in total. The molecule has 102 valence electrons. The number of nitrogens with zero attached hydrogens (tertiary/aromatic N) is 2. The molecule has 1 unspecified atom stereocenters. The third-order valence-electron chi connectivity index (χ3n) is 2.65. The number of hydrogen-bond donors (Lipinski definition) is 1. The summed E-state index contributed by atoms with van der Waals surface area (Å²) in [6.07, 6.45) is 0. The first kappa shape index (κ1) is 15.0. The Balaban J connectivity index is 3.29. The first-order chi connectivity index (χ1) is 8.40. The Morgan fingerprint density at radius 2 is 2.11 bits per heavy atom. The zero-order chi connectivity index (χ0) is 13.8. The molecule has 1 aromatic rings. The summed E-state index contributed by atoms with van der Waals surface area (Å²) in [5.74, 6) is 0.386. The lowest BCUT2D eigenvalue weighted by Crippen LogP contribution is -2.27. The Morgan fingerprint density at radius 3 is 2.61 bits per heavy atom. The minimum absolute atomic E-state index is 0.386. The molecule has 0 aliphatic carbocycles. The minimum atomic E-state index is -2.54. The van der Waals surface area contributed by atoms with Crippen LogP contribution in [0.15, 0.2) is 33.5 Å². The average Bonchev–Trinajstić information content (AvgIpc) is 2.34. The van der Waals surface area contributed by atoms with Crippen LogP contribution in [0.4, 0.5) is 5.69 Å². The van der Waals surface area contributed by atoms with Gasteiger partial charge in [-0.2, -0.15) is 0 Å². The number of nitrogen functional groups attached to an aromatic ring is 1. The lowest BCUT2D eigenvalue weighted by Gasteiger charge is -2.21. The summed E-state index contributed by atoms with van der Waals surface area (Å²) in [6.45, 7) is 7.35. The Labute approximate surface area is 110 Å². The van der Waals surface area contributed by atoms with Crippen molar-refractivity contribution in [1.29, 1.82) is 0 Å². The molecule has 1 atom stereocenters. The molecule has 0 spiro atoms. The van der Waals surface area contributed by atoms with Crippen molar-refractivity contribution in [3.63, 3.8) is 0 Å². The van der Waals surface area contributed by atoms with E-state index in [1.54, 1.807) is 16.4 Å². The molecule has 0 fully saturated rings. The number of benzene rings is 1. The molecule has 2 N–H and O–H groups in total. The third-order valence-corrected chi connectivity index (χ3v) is 5.12. The first-order valence-electron chi connectivity index (χ1n) is 6.20. The Hall–Kier alpha value is -1.07. The van der Waals surface area contributed by atoms with E-state index in [-0.39, 0.29) is 0 Å². The van der Waals surface area contributed by atoms with Crippen LogP contribution in [-0.4, -0.2) is 28.7 Å². The van der Waals surface area contributed by atoms with E-state index in [0.717, 1.165) is 0 Å². The number of rotatable bonds is 5. The van der Waals surface area contributed by atoms with Gasteiger partial charge in [-0.05, 0) is 24.1 Å². The van der Waals surface area contributed by atoms with Crippen LogP contribution in [0.2, 0.25) is 0 Å². The van der Waals surface area contributed by atoms with Gasteiger partial charge in [0.2, 0.25) is 0 Å². The van der Waals surface area contributed by atoms with E-state index < -0.39 is 9.92 Å². The molecule has 0 amide bonds. The lowest BCUT2D eigenvalue weighted by atomic mass is 10.2. The highest BCUT2D eigenvalue weighted by atomic mass is 32.2. The van der Waals surface area contributed by atoms with Gasteiger partial charge in [0.05, 0.1) is 11.4 Å². The molecule has 0 radical (unpaired) electrons. The predicted molar refractivity (Wildman–Crippen MR) is 77.7 cm³/mol. The van der Waals surface area contributed by atoms with E-state index in [1.807, 2.05) is 26.1 Å². The van der Waals surface area contributed by atoms with E-state index in [4.69, 9.17) is 5.73 Å². The summed E-state index contributed by atoms with van der Waals surface area (Å²) in [7, 11) is -0.707. The molecule has 0 saturated carbocycles. The minimum Gasteiger partial charge on any atom is -0.399 e. The summed E-state index contributed by atoms with van der Waals surface area (Å²) in [6, 6.07) is 7.18. The number of anilines is 1. The summed E-state index contributed by atoms with van der Waals surface area (Å²) >= 11 is 0. The third kappa shape index (κ3) is 3.46. The molecule has 18 heavy (non-hydrogen) atoms. The van der Waals surface area contributed by atoms with Gasteiger partial charge in [0.25, 0.3) is 0 Å². The topological polar surface area (TPSA) is 58.7 Å². The van der Waals surface area contributed by atoms with Crippen LogP contribution >= 0.6 is 0 Å². The summed E-state index contributed by atoms with van der Waals surface area (Å²) in [5.41, 5.74) is 6.38. The van der Waals surface area contributed by atoms with Gasteiger partial charge < -0.3 is 5.73 Å². The zero-order valence-corrected chi connectivity index (χ0v) is 12.4. The summed E-state index contributed by atoms with van der Waals surface area (Å²) in [4.78, 5) is 0.688. The fourth-order valence-corrected chi connectivity index (χ4v) is 3.56. The van der Waals surface area contributed by atoms with Crippen molar-refractivity contribution < 1.29 is 4.21 Å². The maximum atomic E-state index is 13.1. The van der Waals surface area contributed by atoms with E-state index in [2.05, 4.69) is 18.2 Å². The molecular weight excluding hydrogens is 246 g/mol. The van der Waals surface area contributed by atoms with Crippen LogP contribution in [0.5, 0.6) is 0 Å². The van der Waals surface area contributed by atoms with E-state index in [9.17, 15) is 4.21 Å². The van der Waals surface area contributed by atoms with Crippen molar-refractivity contribution in [2.75, 3.05) is 25.9 Å². The molecular formula is C13H23N3OS. The highest BCUT2D eigenvalue weighted by Gasteiger charge is 2.17. The van der Waals surface area contributed by atoms with Gasteiger partial charge in [0.1, 0.15) is 9.92 Å². The standard InChI is InChI=1S/C13H23N3OS/c1-5-16(4)18(17,15-10-11(2)3)13-8-6-7-12(14)9-13/h6-9,11H,5,10,14H2,1-4H3. The molecule has 1 aromatic carbocycles. The average molecular weight is 269 g/mol. The maximum absolute atomic E-state index is 13.1. The smallest absolute Gasteiger partial charge is 0.139 e. The fourth-order valence-electron chi connectivity index (χ4n) is 1.46. The second kappa shape index (κ2) is 6.20. The SMILES string of the molecule is CCN(C)S(=O)(=NCC(C)C)c1cccc(N)c1. The molecule has 1 rings (SSSR count). The molecule has 5 heteroatoms. The van der Waals surface area contributed by atoms with Crippen LogP contribution in [0.1, 0.15) is 20.8 Å². The van der Waals surface area contributed by atoms with Crippen molar-refractivity contribution in [1.82, 2.24) is 4.31 Å². The Kier molecular flexibility index (Phi) is 5.16. The van der Waals surface area contributed by atoms with E-state index in [1.165, 1.54) is 0 Å². The van der Waals surface area contributed by atoms with Gasteiger partial charge in [-0.3, -0.25) is 0 Å². The van der Waals surface area contributed by atoms with Crippen molar-refractivity contribution in [3.8, 4) is 0 Å². The van der Waals surface area contributed by atoms with Gasteiger partial charge in [-0.1, -0.05) is 26.8 Å².